The van der Waals surface area contributed by atoms with Gasteiger partial charge in [0.25, 0.3) is 0 Å². The van der Waals surface area contributed by atoms with Crippen molar-refractivity contribution in [1.82, 2.24) is 0 Å². The van der Waals surface area contributed by atoms with Gasteiger partial charge in [-0.1, -0.05) is 0 Å². The van der Waals surface area contributed by atoms with E-state index in [9.17, 15) is 14.4 Å². The van der Waals surface area contributed by atoms with Crippen molar-refractivity contribution in [1.29, 1.82) is 0 Å². The number of carboxylic acid groups (broad SMARTS) is 1. The third kappa shape index (κ3) is 3.89. The van der Waals surface area contributed by atoms with Crippen molar-refractivity contribution in [2.45, 2.75) is 19.3 Å². The van der Waals surface area contributed by atoms with Crippen LogP contribution in [0.15, 0.2) is 11.1 Å². The van der Waals surface area contributed by atoms with E-state index < -0.39 is 5.97 Å². The molecule has 1 rings (SSSR count). The molecule has 0 spiro atoms. The molecular weight excluding hydrogens is 244 g/mol. The van der Waals surface area contributed by atoms with Gasteiger partial charge in [0, 0.05) is 29.1 Å². The lowest BCUT2D eigenvalue weighted by Crippen LogP contribution is -2.06. The third-order valence-electron chi connectivity index (χ3n) is 2.49. The summed E-state index contributed by atoms with van der Waals surface area (Å²) in [6, 6.07) is 0. The first-order valence-electron chi connectivity index (χ1n) is 5.19. The second kappa shape index (κ2) is 6.44. The fourth-order valence-electron chi connectivity index (χ4n) is 1.54. The zero-order chi connectivity index (χ0) is 12.8. The first kappa shape index (κ1) is 13.8. The topological polar surface area (TPSA) is 80.7 Å². The Hall–Kier alpha value is -1.30. The molecule has 0 radical (unpaired) electrons. The van der Waals surface area contributed by atoms with Gasteiger partial charge < -0.3 is 9.84 Å². The van der Waals surface area contributed by atoms with Crippen LogP contribution in [-0.4, -0.2) is 41.4 Å². The SMILES string of the molecule is COC(=O)CCSCC1=C(C(=O)O)CCC1=O. The number of carboxylic acids is 1. The van der Waals surface area contributed by atoms with Crippen LogP contribution in [0.2, 0.25) is 0 Å². The van der Waals surface area contributed by atoms with Crippen LogP contribution < -0.4 is 0 Å². The Balaban J connectivity index is 2.44. The first-order valence-corrected chi connectivity index (χ1v) is 6.34. The number of methoxy groups -OCH3 is 1. The first-order chi connectivity index (χ1) is 8.06. The molecule has 0 saturated heterocycles. The van der Waals surface area contributed by atoms with Gasteiger partial charge in [0.1, 0.15) is 0 Å². The molecule has 0 fully saturated rings. The van der Waals surface area contributed by atoms with Gasteiger partial charge in [-0.3, -0.25) is 9.59 Å². The molecule has 0 atom stereocenters. The lowest BCUT2D eigenvalue weighted by molar-refractivity contribution is -0.140. The third-order valence-corrected chi connectivity index (χ3v) is 3.47. The fourth-order valence-corrected chi connectivity index (χ4v) is 2.54. The minimum atomic E-state index is -1.01. The molecule has 0 aromatic carbocycles. The molecule has 1 aliphatic rings. The van der Waals surface area contributed by atoms with Crippen LogP contribution in [0.5, 0.6) is 0 Å². The number of hydrogen-bond acceptors (Lipinski definition) is 5. The molecule has 94 valence electrons. The molecule has 0 heterocycles. The summed E-state index contributed by atoms with van der Waals surface area (Å²) in [6.45, 7) is 0. The molecule has 0 saturated carbocycles. The number of carbonyl (C=O) groups excluding carboxylic acids is 2. The predicted molar refractivity (Wildman–Crippen MR) is 62.9 cm³/mol. The minimum Gasteiger partial charge on any atom is -0.478 e. The van der Waals surface area contributed by atoms with Crippen LogP contribution in [0, 0.1) is 0 Å². The van der Waals surface area contributed by atoms with Crippen LogP contribution >= 0.6 is 11.8 Å². The number of hydrogen-bond donors (Lipinski definition) is 1. The van der Waals surface area contributed by atoms with E-state index in [1.807, 2.05) is 0 Å². The second-order valence-electron chi connectivity index (χ2n) is 3.56. The molecular formula is C11H14O5S. The molecule has 0 amide bonds. The van der Waals surface area contributed by atoms with Gasteiger partial charge >= 0.3 is 11.9 Å². The van der Waals surface area contributed by atoms with Crippen LogP contribution in [0.4, 0.5) is 0 Å². The van der Waals surface area contributed by atoms with Gasteiger partial charge in [0.2, 0.25) is 0 Å². The van der Waals surface area contributed by atoms with E-state index in [4.69, 9.17) is 5.11 Å². The quantitative estimate of drug-likeness (QED) is 0.566. The number of Topliss-reactive ketones (excluding diaryl/α,β-unsaturated/α-hetero) is 1. The molecule has 0 bridgehead atoms. The molecule has 0 aromatic heterocycles. The summed E-state index contributed by atoms with van der Waals surface area (Å²) >= 11 is 1.38. The van der Waals surface area contributed by atoms with Crippen LogP contribution in [0.1, 0.15) is 19.3 Å². The molecule has 5 nitrogen and oxygen atoms in total. The normalized spacial score (nSPS) is 15.2. The van der Waals surface area contributed by atoms with Crippen LogP contribution in [0.25, 0.3) is 0 Å². The van der Waals surface area contributed by atoms with Crippen molar-refractivity contribution in [3.63, 3.8) is 0 Å². The van der Waals surface area contributed by atoms with Gasteiger partial charge in [-0.05, 0) is 6.42 Å². The highest BCUT2D eigenvalue weighted by molar-refractivity contribution is 7.99. The van der Waals surface area contributed by atoms with E-state index in [2.05, 4.69) is 4.74 Å². The monoisotopic (exact) mass is 258 g/mol. The lowest BCUT2D eigenvalue weighted by Gasteiger charge is -2.03. The molecule has 0 unspecified atom stereocenters. The summed E-state index contributed by atoms with van der Waals surface area (Å²) in [5.41, 5.74) is 0.618. The number of esters is 1. The maximum Gasteiger partial charge on any atom is 0.332 e. The highest BCUT2D eigenvalue weighted by Crippen LogP contribution is 2.26. The van der Waals surface area contributed by atoms with Crippen molar-refractivity contribution < 1.29 is 24.2 Å². The molecule has 0 aliphatic heterocycles. The predicted octanol–water partition coefficient (Wildman–Crippen LogP) is 1.03. The molecule has 0 aromatic rings. The van der Waals surface area contributed by atoms with Gasteiger partial charge in [-0.15, -0.1) is 0 Å². The summed E-state index contributed by atoms with van der Waals surface area (Å²) in [7, 11) is 1.32. The van der Waals surface area contributed by atoms with Crippen molar-refractivity contribution in [2.24, 2.45) is 0 Å². The van der Waals surface area contributed by atoms with E-state index >= 15 is 0 Å². The van der Waals surface area contributed by atoms with Crippen molar-refractivity contribution in [3.8, 4) is 0 Å². The van der Waals surface area contributed by atoms with Gasteiger partial charge in [-0.2, -0.15) is 11.8 Å². The van der Waals surface area contributed by atoms with E-state index in [-0.39, 0.29) is 30.2 Å². The fraction of sp³-hybridized carbons (Fsp3) is 0.545. The summed E-state index contributed by atoms with van der Waals surface area (Å²) < 4.78 is 4.48. The Labute approximate surface area is 103 Å². The summed E-state index contributed by atoms with van der Waals surface area (Å²) in [4.78, 5) is 33.1. The summed E-state index contributed by atoms with van der Waals surface area (Å²) in [5.74, 6) is -0.525. The summed E-state index contributed by atoms with van der Waals surface area (Å²) in [6.07, 6.45) is 0.876. The number of thioether (sulfide) groups is 1. The number of ketones is 1. The van der Waals surface area contributed by atoms with E-state index in [1.54, 1.807) is 0 Å². The van der Waals surface area contributed by atoms with Gasteiger partial charge in [0.05, 0.1) is 13.5 Å². The Morgan fingerprint density at radius 2 is 2.12 bits per heavy atom. The zero-order valence-electron chi connectivity index (χ0n) is 9.52. The average molecular weight is 258 g/mol. The second-order valence-corrected chi connectivity index (χ2v) is 4.67. The minimum absolute atomic E-state index is 0.0898. The molecule has 6 heteroatoms. The van der Waals surface area contributed by atoms with E-state index in [1.165, 1.54) is 18.9 Å². The number of aliphatic carboxylic acids is 1. The smallest absolute Gasteiger partial charge is 0.332 e. The summed E-state index contributed by atoms with van der Waals surface area (Å²) in [5, 5.41) is 8.89. The Kier molecular flexibility index (Phi) is 5.21. The maximum atomic E-state index is 11.4. The Bertz CT molecular complexity index is 372. The molecule has 1 aliphatic carbocycles. The average Bonchev–Trinajstić information content (AvgIpc) is 2.66. The zero-order valence-corrected chi connectivity index (χ0v) is 10.3. The van der Waals surface area contributed by atoms with Crippen LogP contribution in [-0.2, 0) is 19.1 Å². The van der Waals surface area contributed by atoms with Crippen molar-refractivity contribution in [2.75, 3.05) is 18.6 Å². The van der Waals surface area contributed by atoms with Crippen molar-refractivity contribution >= 4 is 29.5 Å². The standard InChI is InChI=1S/C11H14O5S/c1-16-10(13)4-5-17-6-8-7(11(14)15)2-3-9(8)12/h2-6H2,1H3,(H,14,15). The Morgan fingerprint density at radius 1 is 1.41 bits per heavy atom. The highest BCUT2D eigenvalue weighted by Gasteiger charge is 2.26. The van der Waals surface area contributed by atoms with Crippen molar-refractivity contribution in [3.05, 3.63) is 11.1 Å². The number of ether oxygens (including phenoxy) is 1. The van der Waals surface area contributed by atoms with E-state index in [0.717, 1.165) is 0 Å². The van der Waals surface area contributed by atoms with E-state index in [0.29, 0.717) is 23.5 Å². The van der Waals surface area contributed by atoms with Gasteiger partial charge in [0.15, 0.2) is 5.78 Å². The largest absolute Gasteiger partial charge is 0.478 e. The lowest BCUT2D eigenvalue weighted by atomic mass is 10.2. The molecule has 17 heavy (non-hydrogen) atoms. The highest BCUT2D eigenvalue weighted by atomic mass is 32.2. The number of carbonyl (C=O) groups is 3. The maximum absolute atomic E-state index is 11.4. The number of rotatable bonds is 6. The van der Waals surface area contributed by atoms with Crippen LogP contribution in [0.3, 0.4) is 0 Å². The molecule has 1 N–H and O–H groups in total. The Morgan fingerprint density at radius 3 is 2.71 bits per heavy atom. The van der Waals surface area contributed by atoms with Gasteiger partial charge in [-0.25, -0.2) is 4.79 Å².